The molecule has 0 aliphatic rings. The van der Waals surface area contributed by atoms with E-state index >= 15 is 0 Å². The van der Waals surface area contributed by atoms with E-state index in [1.807, 2.05) is 38.1 Å². The van der Waals surface area contributed by atoms with Gasteiger partial charge in [0.2, 0.25) is 0 Å². The van der Waals surface area contributed by atoms with Crippen molar-refractivity contribution in [1.29, 1.82) is 0 Å². The van der Waals surface area contributed by atoms with Gasteiger partial charge in [0.05, 0.1) is 11.7 Å². The molecule has 0 amide bonds. The summed E-state index contributed by atoms with van der Waals surface area (Å²) < 4.78 is 5.70. The van der Waals surface area contributed by atoms with Gasteiger partial charge in [-0.2, -0.15) is 0 Å². The number of para-hydroxylation sites is 1. The Morgan fingerprint density at radius 3 is 2.60 bits per heavy atom. The first-order valence-electron chi connectivity index (χ1n) is 5.47. The highest BCUT2D eigenvalue weighted by Crippen LogP contribution is 2.21. The summed E-state index contributed by atoms with van der Waals surface area (Å²) in [6, 6.07) is 7.44. The van der Waals surface area contributed by atoms with E-state index in [-0.39, 0.29) is 11.9 Å². The van der Waals surface area contributed by atoms with Crippen molar-refractivity contribution in [1.82, 2.24) is 0 Å². The van der Waals surface area contributed by atoms with E-state index < -0.39 is 0 Å². The van der Waals surface area contributed by atoms with Crippen LogP contribution in [-0.4, -0.2) is 11.9 Å². The molecule has 1 rings (SSSR count). The van der Waals surface area contributed by atoms with Gasteiger partial charge in [-0.1, -0.05) is 26.0 Å². The Morgan fingerprint density at radius 1 is 1.33 bits per heavy atom. The van der Waals surface area contributed by atoms with E-state index in [1.54, 1.807) is 0 Å². The number of rotatable bonds is 5. The number of hydrogen-bond acceptors (Lipinski definition) is 2. The second-order valence-corrected chi connectivity index (χ2v) is 3.61. The molecular weight excluding hydrogens is 188 g/mol. The van der Waals surface area contributed by atoms with Gasteiger partial charge in [0, 0.05) is 6.42 Å². The summed E-state index contributed by atoms with van der Waals surface area (Å²) in [6.45, 7) is 5.94. The van der Waals surface area contributed by atoms with Gasteiger partial charge in [-0.15, -0.1) is 0 Å². The molecule has 0 aliphatic carbocycles. The van der Waals surface area contributed by atoms with Gasteiger partial charge in [-0.25, -0.2) is 0 Å². The first-order valence-corrected chi connectivity index (χ1v) is 5.47. The molecule has 2 heteroatoms. The van der Waals surface area contributed by atoms with Crippen molar-refractivity contribution in [3.05, 3.63) is 29.8 Å². The minimum Gasteiger partial charge on any atom is -0.490 e. The van der Waals surface area contributed by atoms with Crippen LogP contribution in [0.2, 0.25) is 0 Å². The average molecular weight is 206 g/mol. The second kappa shape index (κ2) is 5.54. The number of Topliss-reactive ketones (excluding diaryl/α,β-unsaturated/α-hetero) is 1. The number of ether oxygens (including phenoxy) is 1. The molecule has 0 aromatic heterocycles. The van der Waals surface area contributed by atoms with Crippen molar-refractivity contribution in [3.63, 3.8) is 0 Å². The van der Waals surface area contributed by atoms with E-state index in [0.717, 1.165) is 6.42 Å². The van der Waals surface area contributed by atoms with E-state index in [9.17, 15) is 4.79 Å². The molecule has 0 spiro atoms. The standard InChI is InChI=1S/C13H18O2/c1-4-10(3)15-13-9-7-6-8-11(13)12(14)5-2/h6-10H,4-5H2,1-3H3. The van der Waals surface area contributed by atoms with E-state index in [0.29, 0.717) is 17.7 Å². The molecule has 0 saturated heterocycles. The largest absolute Gasteiger partial charge is 0.490 e. The van der Waals surface area contributed by atoms with Gasteiger partial charge in [0.15, 0.2) is 5.78 Å². The maximum absolute atomic E-state index is 11.6. The molecule has 0 heterocycles. The van der Waals surface area contributed by atoms with Crippen molar-refractivity contribution in [2.45, 2.75) is 39.7 Å². The maximum Gasteiger partial charge on any atom is 0.166 e. The van der Waals surface area contributed by atoms with Crippen LogP contribution < -0.4 is 4.74 Å². The van der Waals surface area contributed by atoms with Gasteiger partial charge < -0.3 is 4.74 Å². The Morgan fingerprint density at radius 2 is 2.00 bits per heavy atom. The lowest BCUT2D eigenvalue weighted by molar-refractivity contribution is 0.0981. The Labute approximate surface area is 91.3 Å². The van der Waals surface area contributed by atoms with Crippen molar-refractivity contribution in [2.24, 2.45) is 0 Å². The number of benzene rings is 1. The average Bonchev–Trinajstić information content (AvgIpc) is 2.28. The van der Waals surface area contributed by atoms with E-state index in [4.69, 9.17) is 4.74 Å². The van der Waals surface area contributed by atoms with Gasteiger partial charge in [0.1, 0.15) is 5.75 Å². The molecule has 0 saturated carbocycles. The summed E-state index contributed by atoms with van der Waals surface area (Å²) in [5, 5.41) is 0. The van der Waals surface area contributed by atoms with Gasteiger partial charge in [-0.05, 0) is 25.5 Å². The molecule has 82 valence electrons. The normalized spacial score (nSPS) is 12.2. The molecule has 0 aliphatic heterocycles. The first kappa shape index (κ1) is 11.8. The minimum atomic E-state index is 0.133. The summed E-state index contributed by atoms with van der Waals surface area (Å²) >= 11 is 0. The lowest BCUT2D eigenvalue weighted by atomic mass is 10.1. The zero-order valence-electron chi connectivity index (χ0n) is 9.62. The summed E-state index contributed by atoms with van der Waals surface area (Å²) in [4.78, 5) is 11.6. The molecular formula is C13H18O2. The number of carbonyl (C=O) groups excluding carboxylic acids is 1. The number of hydrogen-bond donors (Lipinski definition) is 0. The monoisotopic (exact) mass is 206 g/mol. The predicted molar refractivity (Wildman–Crippen MR) is 61.4 cm³/mol. The summed E-state index contributed by atoms with van der Waals surface area (Å²) in [7, 11) is 0. The fraction of sp³-hybridized carbons (Fsp3) is 0.462. The Kier molecular flexibility index (Phi) is 4.35. The molecule has 1 aromatic carbocycles. The zero-order chi connectivity index (χ0) is 11.3. The first-order chi connectivity index (χ1) is 7.19. The molecule has 0 radical (unpaired) electrons. The van der Waals surface area contributed by atoms with E-state index in [1.165, 1.54) is 0 Å². The Hall–Kier alpha value is -1.31. The SMILES string of the molecule is CCC(=O)c1ccccc1OC(C)CC. The molecule has 0 N–H and O–H groups in total. The summed E-state index contributed by atoms with van der Waals surface area (Å²) in [5.74, 6) is 0.840. The van der Waals surface area contributed by atoms with Gasteiger partial charge in [0.25, 0.3) is 0 Å². The molecule has 15 heavy (non-hydrogen) atoms. The maximum atomic E-state index is 11.6. The highest BCUT2D eigenvalue weighted by Gasteiger charge is 2.11. The van der Waals surface area contributed by atoms with Crippen LogP contribution in [0.15, 0.2) is 24.3 Å². The van der Waals surface area contributed by atoms with Crippen molar-refractivity contribution in [2.75, 3.05) is 0 Å². The molecule has 1 unspecified atom stereocenters. The van der Waals surface area contributed by atoms with Crippen LogP contribution in [0.25, 0.3) is 0 Å². The van der Waals surface area contributed by atoms with Gasteiger partial charge >= 0.3 is 0 Å². The van der Waals surface area contributed by atoms with Crippen molar-refractivity contribution >= 4 is 5.78 Å². The lowest BCUT2D eigenvalue weighted by Crippen LogP contribution is -2.12. The van der Waals surface area contributed by atoms with Crippen molar-refractivity contribution in [3.8, 4) is 5.75 Å². The van der Waals surface area contributed by atoms with Crippen LogP contribution in [-0.2, 0) is 0 Å². The third kappa shape index (κ3) is 3.08. The van der Waals surface area contributed by atoms with Crippen LogP contribution in [0.3, 0.4) is 0 Å². The topological polar surface area (TPSA) is 26.3 Å². The third-order valence-corrected chi connectivity index (χ3v) is 2.41. The zero-order valence-corrected chi connectivity index (χ0v) is 9.62. The summed E-state index contributed by atoms with van der Waals surface area (Å²) in [5.41, 5.74) is 0.695. The fourth-order valence-corrected chi connectivity index (χ4v) is 1.29. The molecule has 0 bridgehead atoms. The highest BCUT2D eigenvalue weighted by atomic mass is 16.5. The molecule has 2 nitrogen and oxygen atoms in total. The Balaban J connectivity index is 2.91. The molecule has 1 atom stereocenters. The Bertz CT molecular complexity index is 331. The van der Waals surface area contributed by atoms with Crippen LogP contribution >= 0.6 is 0 Å². The van der Waals surface area contributed by atoms with Crippen LogP contribution in [0, 0.1) is 0 Å². The van der Waals surface area contributed by atoms with Crippen LogP contribution in [0.1, 0.15) is 44.0 Å². The fourth-order valence-electron chi connectivity index (χ4n) is 1.29. The van der Waals surface area contributed by atoms with Crippen LogP contribution in [0.5, 0.6) is 5.75 Å². The summed E-state index contributed by atoms with van der Waals surface area (Å²) in [6.07, 6.45) is 1.60. The number of carbonyl (C=O) groups is 1. The predicted octanol–water partition coefficient (Wildman–Crippen LogP) is 3.46. The van der Waals surface area contributed by atoms with Crippen molar-refractivity contribution < 1.29 is 9.53 Å². The molecule has 1 aromatic rings. The second-order valence-electron chi connectivity index (χ2n) is 3.61. The minimum absolute atomic E-state index is 0.133. The quantitative estimate of drug-likeness (QED) is 0.690. The third-order valence-electron chi connectivity index (χ3n) is 2.41. The van der Waals surface area contributed by atoms with E-state index in [2.05, 4.69) is 6.92 Å². The van der Waals surface area contributed by atoms with Gasteiger partial charge in [-0.3, -0.25) is 4.79 Å². The molecule has 0 fully saturated rings. The highest BCUT2D eigenvalue weighted by molar-refractivity contribution is 5.98. The smallest absolute Gasteiger partial charge is 0.166 e. The number of ketones is 1. The van der Waals surface area contributed by atoms with Crippen LogP contribution in [0.4, 0.5) is 0 Å². The lowest BCUT2D eigenvalue weighted by Gasteiger charge is -2.15.